The van der Waals surface area contributed by atoms with Crippen molar-refractivity contribution in [1.29, 1.82) is 0 Å². The number of aliphatic hydroxyl groups excluding tert-OH is 1. The Morgan fingerprint density at radius 3 is 2.29 bits per heavy atom. The molecule has 2 aromatic rings. The van der Waals surface area contributed by atoms with Crippen LogP contribution >= 0.6 is 23.2 Å². The van der Waals surface area contributed by atoms with Crippen LogP contribution in [0.4, 0.5) is 0 Å². The molecule has 3 heteroatoms. The topological polar surface area (TPSA) is 20.2 Å². The van der Waals surface area contributed by atoms with E-state index in [2.05, 4.69) is 26.0 Å². The van der Waals surface area contributed by atoms with Crippen LogP contribution in [0.15, 0.2) is 48.5 Å². The summed E-state index contributed by atoms with van der Waals surface area (Å²) in [5.41, 5.74) is 1.81. The Balaban J connectivity index is 2.44. The molecule has 0 saturated heterocycles. The summed E-state index contributed by atoms with van der Waals surface area (Å²) >= 11 is 12.4. The van der Waals surface area contributed by atoms with Crippen LogP contribution in [0.3, 0.4) is 0 Å². The van der Waals surface area contributed by atoms with E-state index in [1.165, 1.54) is 0 Å². The zero-order valence-corrected chi connectivity index (χ0v) is 13.8. The fourth-order valence-electron chi connectivity index (χ4n) is 2.69. The Morgan fingerprint density at radius 1 is 1.00 bits per heavy atom. The third-order valence-corrected chi connectivity index (χ3v) is 4.92. The second kappa shape index (κ2) is 7.31. The molecule has 112 valence electrons. The summed E-state index contributed by atoms with van der Waals surface area (Å²) in [6.45, 7) is 4.28. The summed E-state index contributed by atoms with van der Waals surface area (Å²) in [6.07, 6.45) is 0.308. The van der Waals surface area contributed by atoms with Gasteiger partial charge in [-0.15, -0.1) is 0 Å². The van der Waals surface area contributed by atoms with Gasteiger partial charge >= 0.3 is 0 Å². The Morgan fingerprint density at radius 2 is 1.67 bits per heavy atom. The molecule has 0 aliphatic heterocycles. The van der Waals surface area contributed by atoms with Gasteiger partial charge in [-0.2, -0.15) is 0 Å². The van der Waals surface area contributed by atoms with Crippen LogP contribution in [0.1, 0.15) is 43.4 Å². The average molecular weight is 323 g/mol. The standard InChI is InChI=1S/C18H20Cl2O/c1-3-12(2)16(13-8-5-4-6-9-13)18(21)14-10-7-11-15(19)17(14)20/h4-12,16,18,21H,3H2,1-2H3. The predicted octanol–water partition coefficient (Wildman–Crippen LogP) is 5.86. The number of aliphatic hydroxyl groups is 1. The Hall–Kier alpha value is -1.02. The van der Waals surface area contributed by atoms with E-state index in [1.807, 2.05) is 30.3 Å². The molecule has 0 aromatic heterocycles. The number of benzene rings is 2. The highest BCUT2D eigenvalue weighted by Gasteiger charge is 2.29. The number of halogens is 2. The van der Waals surface area contributed by atoms with Crippen molar-refractivity contribution in [2.45, 2.75) is 32.3 Å². The van der Waals surface area contributed by atoms with Crippen molar-refractivity contribution in [2.24, 2.45) is 5.92 Å². The van der Waals surface area contributed by atoms with E-state index in [0.29, 0.717) is 21.5 Å². The SMILES string of the molecule is CCC(C)C(c1ccccc1)C(O)c1cccc(Cl)c1Cl. The molecule has 3 unspecified atom stereocenters. The quantitative estimate of drug-likeness (QED) is 0.731. The third kappa shape index (κ3) is 3.60. The van der Waals surface area contributed by atoms with Gasteiger partial charge in [-0.1, -0.05) is 85.9 Å². The lowest BCUT2D eigenvalue weighted by Crippen LogP contribution is -2.18. The molecule has 0 aliphatic rings. The molecule has 0 spiro atoms. The summed E-state index contributed by atoms with van der Waals surface area (Å²) in [7, 11) is 0. The van der Waals surface area contributed by atoms with E-state index in [-0.39, 0.29) is 5.92 Å². The van der Waals surface area contributed by atoms with Gasteiger partial charge in [-0.25, -0.2) is 0 Å². The number of hydrogen-bond donors (Lipinski definition) is 1. The molecular formula is C18H20Cl2O. The number of rotatable bonds is 5. The van der Waals surface area contributed by atoms with Crippen LogP contribution in [-0.4, -0.2) is 5.11 Å². The van der Waals surface area contributed by atoms with Crippen molar-refractivity contribution < 1.29 is 5.11 Å². The fraction of sp³-hybridized carbons (Fsp3) is 0.333. The molecule has 0 fully saturated rings. The predicted molar refractivity (Wildman–Crippen MR) is 90.1 cm³/mol. The van der Waals surface area contributed by atoms with E-state index in [9.17, 15) is 5.11 Å². The highest BCUT2D eigenvalue weighted by molar-refractivity contribution is 6.42. The maximum atomic E-state index is 10.9. The zero-order chi connectivity index (χ0) is 15.4. The molecule has 0 saturated carbocycles. The van der Waals surface area contributed by atoms with Crippen molar-refractivity contribution >= 4 is 23.2 Å². The van der Waals surface area contributed by atoms with Crippen molar-refractivity contribution in [2.75, 3.05) is 0 Å². The second-order valence-corrected chi connectivity index (χ2v) is 6.20. The van der Waals surface area contributed by atoms with Gasteiger partial charge in [0.15, 0.2) is 0 Å². The van der Waals surface area contributed by atoms with Crippen molar-refractivity contribution in [3.63, 3.8) is 0 Å². The van der Waals surface area contributed by atoms with Gasteiger partial charge in [0.1, 0.15) is 0 Å². The minimum Gasteiger partial charge on any atom is -0.388 e. The van der Waals surface area contributed by atoms with Crippen LogP contribution < -0.4 is 0 Å². The molecule has 0 bridgehead atoms. The maximum Gasteiger partial charge on any atom is 0.0875 e. The molecule has 2 aromatic carbocycles. The molecule has 2 rings (SSSR count). The van der Waals surface area contributed by atoms with E-state index in [1.54, 1.807) is 6.07 Å². The fourth-order valence-corrected chi connectivity index (χ4v) is 3.11. The van der Waals surface area contributed by atoms with Crippen molar-refractivity contribution in [1.82, 2.24) is 0 Å². The molecule has 0 aliphatic carbocycles. The lowest BCUT2D eigenvalue weighted by atomic mass is 9.79. The highest BCUT2D eigenvalue weighted by atomic mass is 35.5. The van der Waals surface area contributed by atoms with Crippen LogP contribution in [0, 0.1) is 5.92 Å². The third-order valence-electron chi connectivity index (χ3n) is 4.08. The zero-order valence-electron chi connectivity index (χ0n) is 12.3. The van der Waals surface area contributed by atoms with Gasteiger partial charge in [0.05, 0.1) is 16.1 Å². The molecule has 0 radical (unpaired) electrons. The largest absolute Gasteiger partial charge is 0.388 e. The van der Waals surface area contributed by atoms with E-state index in [4.69, 9.17) is 23.2 Å². The lowest BCUT2D eigenvalue weighted by molar-refractivity contribution is 0.118. The van der Waals surface area contributed by atoms with Gasteiger partial charge in [0.25, 0.3) is 0 Å². The highest BCUT2D eigenvalue weighted by Crippen LogP contribution is 2.41. The molecular weight excluding hydrogens is 303 g/mol. The summed E-state index contributed by atoms with van der Waals surface area (Å²) in [4.78, 5) is 0. The molecule has 1 nitrogen and oxygen atoms in total. The van der Waals surface area contributed by atoms with E-state index >= 15 is 0 Å². The lowest BCUT2D eigenvalue weighted by Gasteiger charge is -2.29. The first kappa shape index (κ1) is 16.4. The van der Waals surface area contributed by atoms with Crippen molar-refractivity contribution in [3.05, 3.63) is 69.7 Å². The smallest absolute Gasteiger partial charge is 0.0875 e. The van der Waals surface area contributed by atoms with Gasteiger partial charge in [0.2, 0.25) is 0 Å². The average Bonchev–Trinajstić information content (AvgIpc) is 2.51. The van der Waals surface area contributed by atoms with Crippen LogP contribution in [0.2, 0.25) is 10.0 Å². The summed E-state index contributed by atoms with van der Waals surface area (Å²) in [5, 5.41) is 11.8. The number of hydrogen-bond acceptors (Lipinski definition) is 1. The Kier molecular flexibility index (Phi) is 5.69. The monoisotopic (exact) mass is 322 g/mol. The molecule has 3 atom stereocenters. The summed E-state index contributed by atoms with van der Waals surface area (Å²) < 4.78 is 0. The molecule has 0 amide bonds. The van der Waals surface area contributed by atoms with Gasteiger partial charge in [0, 0.05) is 11.5 Å². The Bertz CT molecular complexity index is 583. The van der Waals surface area contributed by atoms with Gasteiger partial charge < -0.3 is 5.11 Å². The molecule has 0 heterocycles. The van der Waals surface area contributed by atoms with E-state index in [0.717, 1.165) is 12.0 Å². The van der Waals surface area contributed by atoms with Crippen molar-refractivity contribution in [3.8, 4) is 0 Å². The molecule has 1 N–H and O–H groups in total. The molecule has 21 heavy (non-hydrogen) atoms. The van der Waals surface area contributed by atoms with Crippen LogP contribution in [-0.2, 0) is 0 Å². The van der Waals surface area contributed by atoms with Gasteiger partial charge in [-0.3, -0.25) is 0 Å². The Labute approximate surface area is 136 Å². The first-order chi connectivity index (χ1) is 10.1. The maximum absolute atomic E-state index is 10.9. The first-order valence-electron chi connectivity index (χ1n) is 7.23. The summed E-state index contributed by atoms with van der Waals surface area (Å²) in [5.74, 6) is 0.324. The normalized spacial score (nSPS) is 15.5. The minimum absolute atomic E-state index is 0.00725. The first-order valence-corrected chi connectivity index (χ1v) is 7.98. The minimum atomic E-state index is -0.673. The van der Waals surface area contributed by atoms with Crippen LogP contribution in [0.25, 0.3) is 0 Å². The summed E-state index contributed by atoms with van der Waals surface area (Å²) in [6, 6.07) is 15.5. The van der Waals surface area contributed by atoms with Gasteiger partial charge in [-0.05, 0) is 17.5 Å². The van der Waals surface area contributed by atoms with E-state index < -0.39 is 6.10 Å². The second-order valence-electron chi connectivity index (χ2n) is 5.41. The van der Waals surface area contributed by atoms with Crippen LogP contribution in [0.5, 0.6) is 0 Å².